The van der Waals surface area contributed by atoms with Crippen LogP contribution in [0.4, 0.5) is 11.4 Å². The van der Waals surface area contributed by atoms with Crippen molar-refractivity contribution in [3.63, 3.8) is 0 Å². The number of hydrogen-bond donors (Lipinski definition) is 0. The molecule has 1 aromatic carbocycles. The van der Waals surface area contributed by atoms with Crippen LogP contribution >= 0.6 is 0 Å². The molecular weight excluding hydrogens is 250 g/mol. The highest BCUT2D eigenvalue weighted by Crippen LogP contribution is 2.29. The quantitative estimate of drug-likeness (QED) is 0.617. The molecule has 1 fully saturated rings. The minimum Gasteiger partial charge on any atom is -0.378 e. The van der Waals surface area contributed by atoms with Gasteiger partial charge in [0.2, 0.25) is 0 Å². The van der Waals surface area contributed by atoms with Crippen LogP contribution in [0.1, 0.15) is 18.4 Å². The maximum atomic E-state index is 11.0. The smallest absolute Gasteiger partial charge is 0.283 e. The maximum Gasteiger partial charge on any atom is 0.283 e. The lowest BCUT2D eigenvalue weighted by Gasteiger charge is -2.12. The van der Waals surface area contributed by atoms with Crippen molar-refractivity contribution < 1.29 is 9.85 Å². The molecule has 7 nitrogen and oxygen atoms in total. The lowest BCUT2D eigenvalue weighted by Crippen LogP contribution is -2.09. The molecule has 0 amide bonds. The average molecular weight is 263 g/mol. The van der Waals surface area contributed by atoms with Crippen molar-refractivity contribution >= 4 is 17.5 Å². The van der Waals surface area contributed by atoms with E-state index in [1.807, 2.05) is 11.9 Å². The van der Waals surface area contributed by atoms with E-state index in [0.29, 0.717) is 5.56 Å². The zero-order valence-corrected chi connectivity index (χ0v) is 10.4. The van der Waals surface area contributed by atoms with Gasteiger partial charge in [-0.15, -0.1) is 0 Å². The number of benzene rings is 1. The van der Waals surface area contributed by atoms with Crippen LogP contribution in [0, 0.1) is 20.2 Å². The third kappa shape index (κ3) is 2.70. The molecule has 100 valence electrons. The monoisotopic (exact) mass is 263 g/mol. The Kier molecular flexibility index (Phi) is 3.46. The van der Waals surface area contributed by atoms with Crippen molar-refractivity contribution in [2.45, 2.75) is 12.8 Å². The Bertz CT molecular complexity index is 568. The van der Waals surface area contributed by atoms with Crippen LogP contribution in [0.15, 0.2) is 23.9 Å². The molecule has 0 bridgehead atoms. The Labute approximate surface area is 109 Å². The second kappa shape index (κ2) is 5.05. The normalized spacial score (nSPS) is 16.9. The molecular formula is C12H13N3O4. The first-order valence-corrected chi connectivity index (χ1v) is 5.83. The van der Waals surface area contributed by atoms with Crippen molar-refractivity contribution in [3.8, 4) is 0 Å². The highest BCUT2D eigenvalue weighted by atomic mass is 16.6. The van der Waals surface area contributed by atoms with E-state index in [4.69, 9.17) is 0 Å². The van der Waals surface area contributed by atoms with E-state index in [1.165, 1.54) is 12.1 Å². The summed E-state index contributed by atoms with van der Waals surface area (Å²) in [4.78, 5) is 22.4. The van der Waals surface area contributed by atoms with Crippen LogP contribution in [0.2, 0.25) is 0 Å². The fourth-order valence-corrected chi connectivity index (χ4v) is 2.12. The fraction of sp³-hybridized carbons (Fsp3) is 0.333. The molecule has 0 atom stereocenters. The van der Waals surface area contributed by atoms with Gasteiger partial charge in [-0.05, 0) is 25.0 Å². The van der Waals surface area contributed by atoms with Gasteiger partial charge >= 0.3 is 0 Å². The zero-order valence-electron chi connectivity index (χ0n) is 10.4. The van der Waals surface area contributed by atoms with Crippen molar-refractivity contribution in [2.24, 2.45) is 0 Å². The molecule has 2 rings (SSSR count). The number of nitro groups is 2. The van der Waals surface area contributed by atoms with Crippen LogP contribution in [0.5, 0.6) is 0 Å². The predicted octanol–water partition coefficient (Wildman–Crippen LogP) is 2.57. The molecule has 1 heterocycles. The fourth-order valence-electron chi connectivity index (χ4n) is 2.12. The molecule has 0 N–H and O–H groups in total. The first-order chi connectivity index (χ1) is 8.99. The largest absolute Gasteiger partial charge is 0.378 e. The Morgan fingerprint density at radius 1 is 1.26 bits per heavy atom. The Hall–Kier alpha value is -2.44. The Morgan fingerprint density at radius 3 is 2.53 bits per heavy atom. The van der Waals surface area contributed by atoms with Gasteiger partial charge in [0.25, 0.3) is 11.4 Å². The minimum absolute atomic E-state index is 0.234. The van der Waals surface area contributed by atoms with Crippen molar-refractivity contribution in [1.82, 2.24) is 4.90 Å². The van der Waals surface area contributed by atoms with Gasteiger partial charge in [-0.1, -0.05) is 0 Å². The Balaban J connectivity index is 2.45. The number of likely N-dealkylation sites (tertiary alicyclic amines) is 1. The third-order valence-electron chi connectivity index (χ3n) is 3.16. The highest BCUT2D eigenvalue weighted by Gasteiger charge is 2.20. The van der Waals surface area contributed by atoms with Crippen molar-refractivity contribution in [1.29, 1.82) is 0 Å². The van der Waals surface area contributed by atoms with Gasteiger partial charge in [-0.3, -0.25) is 20.2 Å². The van der Waals surface area contributed by atoms with Crippen LogP contribution in [-0.2, 0) is 0 Å². The first kappa shape index (κ1) is 13.0. The number of allylic oxidation sites excluding steroid dienone is 1. The van der Waals surface area contributed by atoms with Gasteiger partial charge < -0.3 is 4.90 Å². The molecule has 0 unspecified atom stereocenters. The van der Waals surface area contributed by atoms with Crippen molar-refractivity contribution in [2.75, 3.05) is 13.6 Å². The van der Waals surface area contributed by atoms with E-state index in [-0.39, 0.29) is 11.4 Å². The summed E-state index contributed by atoms with van der Waals surface area (Å²) in [5.74, 6) is 0. The SMILES string of the molecule is CN1CCCC1=Cc1ccc([N+](=O)[O-])cc1[N+](=O)[O-]. The molecule has 1 aliphatic heterocycles. The van der Waals surface area contributed by atoms with E-state index >= 15 is 0 Å². The average Bonchev–Trinajstić information content (AvgIpc) is 2.75. The summed E-state index contributed by atoms with van der Waals surface area (Å²) in [5, 5.41) is 21.6. The van der Waals surface area contributed by atoms with E-state index in [0.717, 1.165) is 31.1 Å². The molecule has 19 heavy (non-hydrogen) atoms. The van der Waals surface area contributed by atoms with E-state index in [9.17, 15) is 20.2 Å². The lowest BCUT2D eigenvalue weighted by molar-refractivity contribution is -0.394. The zero-order chi connectivity index (χ0) is 14.0. The van der Waals surface area contributed by atoms with Gasteiger partial charge in [0.05, 0.1) is 21.5 Å². The molecule has 0 spiro atoms. The summed E-state index contributed by atoms with van der Waals surface area (Å²) in [6, 6.07) is 3.71. The predicted molar refractivity (Wildman–Crippen MR) is 69.6 cm³/mol. The van der Waals surface area contributed by atoms with Gasteiger partial charge in [0.15, 0.2) is 0 Å². The highest BCUT2D eigenvalue weighted by molar-refractivity contribution is 5.65. The standard InChI is InChI=1S/C12H13N3O4/c1-13-6-2-3-10(13)7-9-4-5-11(14(16)17)8-12(9)15(18)19/h4-5,7-8H,2-3,6H2,1H3. The van der Waals surface area contributed by atoms with Crippen LogP contribution < -0.4 is 0 Å². The van der Waals surface area contributed by atoms with Crippen LogP contribution in [-0.4, -0.2) is 28.3 Å². The second-order valence-corrected chi connectivity index (χ2v) is 4.42. The molecule has 0 aliphatic carbocycles. The summed E-state index contributed by atoms with van der Waals surface area (Å²) in [6.45, 7) is 0.923. The number of nitro benzene ring substituents is 2. The van der Waals surface area contributed by atoms with Crippen LogP contribution in [0.25, 0.3) is 6.08 Å². The number of non-ortho nitro benzene ring substituents is 1. The summed E-state index contributed by atoms with van der Waals surface area (Å²) in [7, 11) is 1.93. The maximum absolute atomic E-state index is 11.0. The topological polar surface area (TPSA) is 89.5 Å². The second-order valence-electron chi connectivity index (χ2n) is 4.42. The molecule has 1 aromatic rings. The number of rotatable bonds is 3. The number of nitrogens with zero attached hydrogens (tertiary/aromatic N) is 3. The van der Waals surface area contributed by atoms with Gasteiger partial charge in [-0.2, -0.15) is 0 Å². The van der Waals surface area contributed by atoms with E-state index < -0.39 is 9.85 Å². The summed E-state index contributed by atoms with van der Waals surface area (Å²) in [6.07, 6.45) is 3.61. The molecule has 0 radical (unpaired) electrons. The summed E-state index contributed by atoms with van der Waals surface area (Å²) < 4.78 is 0. The van der Waals surface area contributed by atoms with E-state index in [1.54, 1.807) is 6.08 Å². The number of hydrogen-bond acceptors (Lipinski definition) is 5. The molecule has 7 heteroatoms. The van der Waals surface area contributed by atoms with Crippen LogP contribution in [0.3, 0.4) is 0 Å². The third-order valence-corrected chi connectivity index (χ3v) is 3.16. The molecule has 1 aliphatic rings. The molecule has 0 saturated carbocycles. The van der Waals surface area contributed by atoms with Gasteiger partial charge in [0.1, 0.15) is 0 Å². The van der Waals surface area contributed by atoms with Gasteiger partial charge in [-0.25, -0.2) is 0 Å². The first-order valence-electron chi connectivity index (χ1n) is 5.83. The molecule has 0 aromatic heterocycles. The lowest BCUT2D eigenvalue weighted by atomic mass is 10.1. The minimum atomic E-state index is -0.633. The van der Waals surface area contributed by atoms with Crippen molar-refractivity contribution in [3.05, 3.63) is 49.7 Å². The summed E-state index contributed by atoms with van der Waals surface area (Å²) in [5.41, 5.74) is 0.909. The van der Waals surface area contributed by atoms with E-state index in [2.05, 4.69) is 0 Å². The Morgan fingerprint density at radius 2 is 2.00 bits per heavy atom. The van der Waals surface area contributed by atoms with Gasteiger partial charge in [0, 0.05) is 25.4 Å². The molecule has 1 saturated heterocycles. The summed E-state index contributed by atoms with van der Waals surface area (Å²) >= 11 is 0.